The maximum atomic E-state index is 12.6. The molecule has 3 rings (SSSR count). The molecule has 0 aliphatic carbocycles. The lowest BCUT2D eigenvalue weighted by Gasteiger charge is -2.01. The van der Waals surface area contributed by atoms with Gasteiger partial charge in [-0.1, -0.05) is 42.2 Å². The molecule has 0 bridgehead atoms. The monoisotopic (exact) mass is 327 g/mol. The van der Waals surface area contributed by atoms with Crippen LogP contribution >= 0.6 is 24.0 Å². The zero-order valence-electron chi connectivity index (χ0n) is 11.8. The van der Waals surface area contributed by atoms with E-state index >= 15 is 0 Å². The lowest BCUT2D eigenvalue weighted by molar-refractivity contribution is 0.835. The van der Waals surface area contributed by atoms with Gasteiger partial charge in [-0.05, 0) is 31.2 Å². The molecule has 0 amide bonds. The number of thioether (sulfide) groups is 1. The molecule has 0 radical (unpaired) electrons. The van der Waals surface area contributed by atoms with Gasteiger partial charge in [-0.15, -0.1) is 0 Å². The summed E-state index contributed by atoms with van der Waals surface area (Å²) in [5.41, 5.74) is 1.95. The number of thiocarbonyl (C=S) groups is 1. The Labute approximate surface area is 137 Å². The van der Waals surface area contributed by atoms with Crippen molar-refractivity contribution in [1.29, 1.82) is 0 Å². The minimum atomic E-state index is -0.134. The van der Waals surface area contributed by atoms with Gasteiger partial charge in [-0.3, -0.25) is 14.9 Å². The molecular formula is C16H13N3OS2. The van der Waals surface area contributed by atoms with Crippen LogP contribution < -0.4 is 5.56 Å². The number of aryl methyl sites for hydroxylation is 1. The molecule has 3 aromatic rings. The fourth-order valence-electron chi connectivity index (χ4n) is 2.11. The van der Waals surface area contributed by atoms with E-state index in [1.807, 2.05) is 49.4 Å². The molecular weight excluding hydrogens is 314 g/mol. The van der Waals surface area contributed by atoms with Gasteiger partial charge in [0.05, 0.1) is 15.4 Å². The first-order chi connectivity index (χ1) is 10.7. The summed E-state index contributed by atoms with van der Waals surface area (Å²) >= 11 is 6.81. The predicted molar refractivity (Wildman–Crippen MR) is 92.9 cm³/mol. The summed E-state index contributed by atoms with van der Waals surface area (Å²) < 4.78 is 2.06. The van der Waals surface area contributed by atoms with Gasteiger partial charge in [0.15, 0.2) is 0 Å². The molecule has 0 atom stereocenters. The maximum Gasteiger partial charge on any atom is 0.280 e. The number of benzene rings is 1. The van der Waals surface area contributed by atoms with Crippen LogP contribution in [-0.4, -0.2) is 19.0 Å². The molecule has 1 aromatic carbocycles. The van der Waals surface area contributed by atoms with E-state index in [1.54, 1.807) is 12.4 Å². The molecule has 0 unspecified atom stereocenters. The normalized spacial score (nSPS) is 10.6. The maximum absolute atomic E-state index is 12.6. The van der Waals surface area contributed by atoms with Crippen molar-refractivity contribution in [1.82, 2.24) is 14.8 Å². The number of rotatable bonds is 3. The Kier molecular flexibility index (Phi) is 4.22. The fourth-order valence-corrected chi connectivity index (χ4v) is 3.46. The third-order valence-electron chi connectivity index (χ3n) is 3.13. The van der Waals surface area contributed by atoms with E-state index in [4.69, 9.17) is 12.2 Å². The molecule has 0 saturated carbocycles. The topological polar surface area (TPSA) is 50.7 Å². The molecule has 110 valence electrons. The van der Waals surface area contributed by atoms with Crippen LogP contribution in [0.25, 0.3) is 5.69 Å². The summed E-state index contributed by atoms with van der Waals surface area (Å²) in [4.78, 5) is 17.6. The number of hydrogen-bond donors (Lipinski definition) is 1. The second kappa shape index (κ2) is 6.29. The quantitative estimate of drug-likeness (QED) is 0.592. The molecule has 2 heterocycles. The van der Waals surface area contributed by atoms with Crippen LogP contribution in [0.5, 0.6) is 0 Å². The van der Waals surface area contributed by atoms with Crippen LogP contribution in [0.4, 0.5) is 0 Å². The number of pyridine rings is 1. The standard InChI is InChI=1S/C16H13N3OS2/c1-11-14(16(21)22-13-8-5-9-17-10-13)15(20)19(18-11)12-6-3-2-4-7-12/h2-10,18H,1H3. The molecule has 4 nitrogen and oxygen atoms in total. The van der Waals surface area contributed by atoms with Gasteiger partial charge in [0.1, 0.15) is 0 Å². The molecule has 0 aliphatic heterocycles. The molecule has 6 heteroatoms. The number of nitrogens with zero attached hydrogens (tertiary/aromatic N) is 2. The Bertz CT molecular complexity index is 854. The smallest absolute Gasteiger partial charge is 0.280 e. The van der Waals surface area contributed by atoms with Crippen molar-refractivity contribution in [3.63, 3.8) is 0 Å². The molecule has 2 aromatic heterocycles. The van der Waals surface area contributed by atoms with E-state index in [1.165, 1.54) is 16.4 Å². The van der Waals surface area contributed by atoms with Crippen molar-refractivity contribution < 1.29 is 0 Å². The van der Waals surface area contributed by atoms with Gasteiger partial charge < -0.3 is 0 Å². The van der Waals surface area contributed by atoms with E-state index in [-0.39, 0.29) is 5.56 Å². The highest BCUT2D eigenvalue weighted by molar-refractivity contribution is 8.23. The number of para-hydroxylation sites is 1. The van der Waals surface area contributed by atoms with Crippen molar-refractivity contribution in [2.24, 2.45) is 0 Å². The van der Waals surface area contributed by atoms with E-state index in [2.05, 4.69) is 10.1 Å². The number of hydrogen-bond acceptors (Lipinski definition) is 4. The third kappa shape index (κ3) is 2.88. The number of aromatic amines is 1. The van der Waals surface area contributed by atoms with E-state index in [0.717, 1.165) is 16.3 Å². The molecule has 0 aliphatic rings. The van der Waals surface area contributed by atoms with Crippen molar-refractivity contribution in [3.05, 3.63) is 76.5 Å². The van der Waals surface area contributed by atoms with Crippen molar-refractivity contribution >= 4 is 28.2 Å². The van der Waals surface area contributed by atoms with E-state index < -0.39 is 0 Å². The number of aromatic nitrogens is 3. The fraction of sp³-hybridized carbons (Fsp3) is 0.0625. The Morgan fingerprint density at radius 2 is 2.00 bits per heavy atom. The second-order valence-corrected chi connectivity index (χ2v) is 6.42. The number of nitrogens with one attached hydrogen (secondary N) is 1. The zero-order chi connectivity index (χ0) is 15.5. The highest BCUT2D eigenvalue weighted by Crippen LogP contribution is 2.23. The highest BCUT2D eigenvalue weighted by Gasteiger charge is 2.17. The lowest BCUT2D eigenvalue weighted by atomic mass is 10.3. The molecule has 0 fully saturated rings. The summed E-state index contributed by atoms with van der Waals surface area (Å²) in [6, 6.07) is 13.2. The van der Waals surface area contributed by atoms with Crippen molar-refractivity contribution in [2.75, 3.05) is 0 Å². The summed E-state index contributed by atoms with van der Waals surface area (Å²) in [7, 11) is 0. The SMILES string of the molecule is Cc1[nH]n(-c2ccccc2)c(=O)c1C(=S)Sc1cccnc1. The summed E-state index contributed by atoms with van der Waals surface area (Å²) in [5, 5.41) is 3.08. The summed E-state index contributed by atoms with van der Waals surface area (Å²) in [5.74, 6) is 0. The van der Waals surface area contributed by atoms with Crippen molar-refractivity contribution in [3.8, 4) is 5.69 Å². The molecule has 22 heavy (non-hydrogen) atoms. The second-order valence-electron chi connectivity index (χ2n) is 4.67. The van der Waals surface area contributed by atoms with E-state index in [0.29, 0.717) is 9.76 Å². The van der Waals surface area contributed by atoms with Gasteiger partial charge in [0, 0.05) is 23.0 Å². The predicted octanol–water partition coefficient (Wildman–Crippen LogP) is 3.34. The average molecular weight is 327 g/mol. The lowest BCUT2D eigenvalue weighted by Crippen LogP contribution is -2.18. The largest absolute Gasteiger partial charge is 0.295 e. The highest BCUT2D eigenvalue weighted by atomic mass is 32.2. The van der Waals surface area contributed by atoms with Gasteiger partial charge in [0.2, 0.25) is 0 Å². The van der Waals surface area contributed by atoms with E-state index in [9.17, 15) is 4.79 Å². The Hall–Kier alpha value is -2.18. The van der Waals surface area contributed by atoms with Crippen LogP contribution in [0.2, 0.25) is 0 Å². The first-order valence-corrected chi connectivity index (χ1v) is 7.88. The Balaban J connectivity index is 1.97. The van der Waals surface area contributed by atoms with Crippen LogP contribution in [0, 0.1) is 6.92 Å². The Morgan fingerprint density at radius 3 is 2.68 bits per heavy atom. The van der Waals surface area contributed by atoms with Gasteiger partial charge in [0.25, 0.3) is 5.56 Å². The minimum Gasteiger partial charge on any atom is -0.295 e. The van der Waals surface area contributed by atoms with Crippen LogP contribution in [0.1, 0.15) is 11.3 Å². The van der Waals surface area contributed by atoms with Crippen LogP contribution in [0.3, 0.4) is 0 Å². The first kappa shape index (κ1) is 14.7. The van der Waals surface area contributed by atoms with Gasteiger partial charge >= 0.3 is 0 Å². The first-order valence-electron chi connectivity index (χ1n) is 6.66. The number of H-pyrrole nitrogens is 1. The molecule has 0 spiro atoms. The van der Waals surface area contributed by atoms with Gasteiger partial charge in [-0.2, -0.15) is 0 Å². The third-order valence-corrected chi connectivity index (χ3v) is 4.46. The van der Waals surface area contributed by atoms with Crippen LogP contribution in [-0.2, 0) is 0 Å². The molecule has 0 saturated heterocycles. The van der Waals surface area contributed by atoms with Gasteiger partial charge in [-0.25, -0.2) is 4.68 Å². The Morgan fingerprint density at radius 1 is 1.23 bits per heavy atom. The minimum absolute atomic E-state index is 0.134. The summed E-state index contributed by atoms with van der Waals surface area (Å²) in [6.07, 6.45) is 3.44. The zero-order valence-corrected chi connectivity index (χ0v) is 13.4. The molecule has 1 N–H and O–H groups in total. The van der Waals surface area contributed by atoms with Crippen molar-refractivity contribution in [2.45, 2.75) is 11.8 Å². The summed E-state index contributed by atoms with van der Waals surface area (Å²) in [6.45, 7) is 1.85. The van der Waals surface area contributed by atoms with Crippen LogP contribution in [0.15, 0.2) is 64.5 Å². The average Bonchev–Trinajstić information content (AvgIpc) is 2.84.